The van der Waals surface area contributed by atoms with Crippen LogP contribution in [-0.2, 0) is 14.6 Å². The normalized spacial score (nSPS) is 13.4. The van der Waals surface area contributed by atoms with Crippen molar-refractivity contribution in [3.8, 4) is 0 Å². The zero-order chi connectivity index (χ0) is 12.5. The van der Waals surface area contributed by atoms with Gasteiger partial charge < -0.3 is 10.8 Å². The molecule has 0 heterocycles. The Morgan fingerprint density at radius 3 is 2.50 bits per heavy atom. The predicted molar refractivity (Wildman–Crippen MR) is 59.1 cm³/mol. The number of carboxylic acids is 1. The van der Waals surface area contributed by atoms with Gasteiger partial charge in [-0.1, -0.05) is 11.6 Å². The zero-order valence-electron chi connectivity index (χ0n) is 8.34. The maximum Gasteiger partial charge on any atom is 0.325 e. The van der Waals surface area contributed by atoms with Gasteiger partial charge >= 0.3 is 5.97 Å². The number of sulfone groups is 1. The molecule has 3 N–H and O–H groups in total. The van der Waals surface area contributed by atoms with Crippen molar-refractivity contribution in [2.24, 2.45) is 5.73 Å². The molecule has 0 radical (unpaired) electrons. The molecular formula is C9H10ClNO4S. The summed E-state index contributed by atoms with van der Waals surface area (Å²) >= 11 is 5.75. The second-order valence-corrected chi connectivity index (χ2v) is 5.69. The van der Waals surface area contributed by atoms with Gasteiger partial charge in [-0.2, -0.15) is 0 Å². The van der Waals surface area contributed by atoms with Crippen molar-refractivity contribution in [2.45, 2.75) is 10.9 Å². The molecule has 1 aromatic rings. The van der Waals surface area contributed by atoms with Crippen LogP contribution in [0.25, 0.3) is 0 Å². The molecule has 0 saturated carbocycles. The van der Waals surface area contributed by atoms with Crippen LogP contribution in [0.5, 0.6) is 0 Å². The van der Waals surface area contributed by atoms with E-state index in [9.17, 15) is 13.2 Å². The summed E-state index contributed by atoms with van der Waals surface area (Å²) in [5.74, 6) is -1.27. The molecule has 0 aromatic heterocycles. The molecule has 1 unspecified atom stereocenters. The van der Waals surface area contributed by atoms with E-state index in [2.05, 4.69) is 0 Å². The van der Waals surface area contributed by atoms with Gasteiger partial charge in [0.05, 0.1) is 4.90 Å². The first kappa shape index (κ1) is 13.0. The van der Waals surface area contributed by atoms with Crippen LogP contribution in [0, 0.1) is 0 Å². The Labute approximate surface area is 97.8 Å². The van der Waals surface area contributed by atoms with Gasteiger partial charge in [-0.15, -0.1) is 0 Å². The molecule has 0 aliphatic rings. The molecule has 88 valence electrons. The lowest BCUT2D eigenvalue weighted by Crippen LogP contribution is -2.21. The van der Waals surface area contributed by atoms with Gasteiger partial charge in [-0.05, 0) is 23.8 Å². The van der Waals surface area contributed by atoms with Crippen molar-refractivity contribution < 1.29 is 18.3 Å². The van der Waals surface area contributed by atoms with E-state index >= 15 is 0 Å². The van der Waals surface area contributed by atoms with Gasteiger partial charge in [-0.3, -0.25) is 4.79 Å². The highest BCUT2D eigenvalue weighted by molar-refractivity contribution is 7.90. The van der Waals surface area contributed by atoms with E-state index in [1.165, 1.54) is 18.2 Å². The van der Waals surface area contributed by atoms with Gasteiger partial charge in [-0.25, -0.2) is 8.42 Å². The molecule has 0 fully saturated rings. The lowest BCUT2D eigenvalue weighted by Gasteiger charge is -2.10. The van der Waals surface area contributed by atoms with Crippen LogP contribution in [0.1, 0.15) is 11.6 Å². The molecule has 1 atom stereocenters. The lowest BCUT2D eigenvalue weighted by molar-refractivity contribution is -0.138. The van der Waals surface area contributed by atoms with E-state index in [1.807, 2.05) is 0 Å². The average molecular weight is 264 g/mol. The molecule has 0 spiro atoms. The summed E-state index contributed by atoms with van der Waals surface area (Å²) in [4.78, 5) is 10.7. The van der Waals surface area contributed by atoms with E-state index < -0.39 is 21.8 Å². The Morgan fingerprint density at radius 1 is 1.50 bits per heavy atom. The van der Waals surface area contributed by atoms with Crippen molar-refractivity contribution in [3.05, 3.63) is 28.8 Å². The smallest absolute Gasteiger partial charge is 0.325 e. The minimum atomic E-state index is -3.41. The van der Waals surface area contributed by atoms with Gasteiger partial charge in [0.15, 0.2) is 9.84 Å². The molecule has 16 heavy (non-hydrogen) atoms. The topological polar surface area (TPSA) is 97.5 Å². The highest BCUT2D eigenvalue weighted by atomic mass is 35.5. The van der Waals surface area contributed by atoms with Gasteiger partial charge in [0, 0.05) is 11.3 Å². The molecule has 1 rings (SSSR count). The summed E-state index contributed by atoms with van der Waals surface area (Å²) in [5.41, 5.74) is 5.45. The summed E-state index contributed by atoms with van der Waals surface area (Å²) in [6.45, 7) is 0. The van der Waals surface area contributed by atoms with E-state index in [0.29, 0.717) is 0 Å². The van der Waals surface area contributed by atoms with Crippen LogP contribution in [-0.4, -0.2) is 25.7 Å². The Kier molecular flexibility index (Phi) is 3.57. The van der Waals surface area contributed by atoms with E-state index in [4.69, 9.17) is 22.4 Å². The molecule has 0 bridgehead atoms. The standard InChI is InChI=1S/C9H10ClNO4S/c1-16(14,15)5-2-3-7(10)6(4-5)8(11)9(12)13/h2-4,8H,11H2,1H3,(H,12,13). The van der Waals surface area contributed by atoms with Crippen molar-refractivity contribution in [1.82, 2.24) is 0 Å². The van der Waals surface area contributed by atoms with E-state index in [0.717, 1.165) is 6.26 Å². The first-order valence-corrected chi connectivity index (χ1v) is 6.48. The van der Waals surface area contributed by atoms with Crippen LogP contribution in [0.2, 0.25) is 5.02 Å². The summed E-state index contributed by atoms with van der Waals surface area (Å²) in [7, 11) is -3.41. The SMILES string of the molecule is CS(=O)(=O)c1ccc(Cl)c(C(N)C(=O)O)c1. The number of hydrogen-bond donors (Lipinski definition) is 2. The second kappa shape index (κ2) is 4.40. The highest BCUT2D eigenvalue weighted by Crippen LogP contribution is 2.25. The van der Waals surface area contributed by atoms with Crippen LogP contribution >= 0.6 is 11.6 Å². The van der Waals surface area contributed by atoms with E-state index in [1.54, 1.807) is 0 Å². The number of hydrogen-bond acceptors (Lipinski definition) is 4. The minimum absolute atomic E-state index is 0.0106. The van der Waals surface area contributed by atoms with Crippen LogP contribution in [0.4, 0.5) is 0 Å². The van der Waals surface area contributed by atoms with Crippen LogP contribution in [0.3, 0.4) is 0 Å². The fraction of sp³-hybridized carbons (Fsp3) is 0.222. The Bertz CT molecular complexity index is 526. The molecule has 1 aromatic carbocycles. The third-order valence-corrected chi connectivity index (χ3v) is 3.45. The molecule has 0 aliphatic carbocycles. The van der Waals surface area contributed by atoms with Crippen molar-refractivity contribution in [3.63, 3.8) is 0 Å². The molecule has 7 heteroatoms. The average Bonchev–Trinajstić information content (AvgIpc) is 2.15. The number of carbonyl (C=O) groups is 1. The molecular weight excluding hydrogens is 254 g/mol. The Morgan fingerprint density at radius 2 is 2.06 bits per heavy atom. The third kappa shape index (κ3) is 2.72. The third-order valence-electron chi connectivity index (χ3n) is 2.00. The summed E-state index contributed by atoms with van der Waals surface area (Å²) in [5, 5.41) is 8.85. The minimum Gasteiger partial charge on any atom is -0.480 e. The van der Waals surface area contributed by atoms with E-state index in [-0.39, 0.29) is 15.5 Å². The maximum absolute atomic E-state index is 11.3. The van der Waals surface area contributed by atoms with Crippen molar-refractivity contribution >= 4 is 27.4 Å². The maximum atomic E-state index is 11.3. The zero-order valence-corrected chi connectivity index (χ0v) is 9.92. The quantitative estimate of drug-likeness (QED) is 0.842. The fourth-order valence-electron chi connectivity index (χ4n) is 1.12. The second-order valence-electron chi connectivity index (χ2n) is 3.27. The molecule has 0 saturated heterocycles. The van der Waals surface area contributed by atoms with Gasteiger partial charge in [0.25, 0.3) is 0 Å². The molecule has 0 aliphatic heterocycles. The first-order chi connectivity index (χ1) is 7.23. The number of carboxylic acid groups (broad SMARTS) is 1. The molecule has 5 nitrogen and oxygen atoms in total. The fourth-order valence-corrected chi connectivity index (χ4v) is 2.02. The number of halogens is 1. The number of rotatable bonds is 3. The number of aliphatic carboxylic acids is 1. The molecule has 0 amide bonds. The van der Waals surface area contributed by atoms with Crippen molar-refractivity contribution in [2.75, 3.05) is 6.26 Å². The first-order valence-electron chi connectivity index (χ1n) is 4.21. The Hall–Kier alpha value is -1.11. The lowest BCUT2D eigenvalue weighted by atomic mass is 10.1. The van der Waals surface area contributed by atoms with Gasteiger partial charge in [0.1, 0.15) is 6.04 Å². The number of nitrogens with two attached hydrogens (primary N) is 1. The van der Waals surface area contributed by atoms with Gasteiger partial charge in [0.2, 0.25) is 0 Å². The van der Waals surface area contributed by atoms with Crippen molar-refractivity contribution in [1.29, 1.82) is 0 Å². The number of benzene rings is 1. The predicted octanol–water partition coefficient (Wildman–Crippen LogP) is 0.828. The largest absolute Gasteiger partial charge is 0.480 e. The Balaban J connectivity index is 3.35. The highest BCUT2D eigenvalue weighted by Gasteiger charge is 2.19. The summed E-state index contributed by atoms with van der Waals surface area (Å²) in [6, 6.07) is 2.46. The van der Waals surface area contributed by atoms with Crippen LogP contribution in [0.15, 0.2) is 23.1 Å². The monoisotopic (exact) mass is 263 g/mol. The van der Waals surface area contributed by atoms with Crippen LogP contribution < -0.4 is 5.73 Å². The summed E-state index contributed by atoms with van der Waals surface area (Å²) < 4.78 is 22.5. The summed E-state index contributed by atoms with van der Waals surface area (Å²) in [6.07, 6.45) is 1.02.